The van der Waals surface area contributed by atoms with Crippen LogP contribution < -0.4 is 5.32 Å². The number of carbonyl (C=O) groups is 3. The van der Waals surface area contributed by atoms with Crippen LogP contribution in [0.4, 0.5) is 5.69 Å². The molecule has 8 atom stereocenters. The van der Waals surface area contributed by atoms with Gasteiger partial charge in [0, 0.05) is 25.1 Å². The van der Waals surface area contributed by atoms with Crippen molar-refractivity contribution in [1.82, 2.24) is 0 Å². The molecule has 3 unspecified atom stereocenters. The van der Waals surface area contributed by atoms with E-state index in [0.29, 0.717) is 11.3 Å². The SMILES string of the molecule is CC(=O)OCC1OC(c2ccc(NC(=O)c3cccc([C@H]4O[C@H](CO)[C@@H](O)[C@H](O)[C@@H]4O)c3)cc2)C=CC1OC(C)=O. The van der Waals surface area contributed by atoms with E-state index in [2.05, 4.69) is 5.32 Å². The van der Waals surface area contributed by atoms with E-state index in [0.717, 1.165) is 5.56 Å². The van der Waals surface area contributed by atoms with Crippen molar-refractivity contribution >= 4 is 23.5 Å². The van der Waals surface area contributed by atoms with E-state index in [-0.39, 0.29) is 12.2 Å². The Bertz CT molecular complexity index is 1260. The number of ether oxygens (including phenoxy) is 4. The molecule has 2 aliphatic rings. The summed E-state index contributed by atoms with van der Waals surface area (Å²) in [5, 5.41) is 42.8. The number of aliphatic hydroxyl groups is 4. The Labute approximate surface area is 236 Å². The fourth-order valence-corrected chi connectivity index (χ4v) is 4.67. The molecular formula is C29H33NO11. The lowest BCUT2D eigenvalue weighted by Gasteiger charge is -2.40. The van der Waals surface area contributed by atoms with E-state index < -0.39 is 73.3 Å². The molecule has 12 nitrogen and oxygen atoms in total. The standard InChI is InChI=1S/C29H33NO11/c1-15(32)38-14-24-22(39-16(2)33)11-10-21(40-24)17-6-8-20(9-7-17)30-29(37)19-5-3-4-18(12-19)28-27(36)26(35)25(34)23(13-31)41-28/h3-12,21-28,31,34-36H,13-14H2,1-2H3,(H,30,37)/t21?,22?,23-,24?,25-,26+,27+,28-/m1/s1. The molecule has 1 amide bonds. The van der Waals surface area contributed by atoms with Gasteiger partial charge in [-0.3, -0.25) is 14.4 Å². The van der Waals surface area contributed by atoms with E-state index in [9.17, 15) is 34.8 Å². The van der Waals surface area contributed by atoms with E-state index in [1.54, 1.807) is 54.6 Å². The Morgan fingerprint density at radius 1 is 0.854 bits per heavy atom. The van der Waals surface area contributed by atoms with Gasteiger partial charge in [0.15, 0.2) is 0 Å². The van der Waals surface area contributed by atoms with Crippen molar-refractivity contribution in [2.24, 2.45) is 0 Å². The number of esters is 2. The summed E-state index contributed by atoms with van der Waals surface area (Å²) in [7, 11) is 0. The minimum atomic E-state index is -1.53. The van der Waals surface area contributed by atoms with Crippen LogP contribution >= 0.6 is 0 Å². The van der Waals surface area contributed by atoms with Crippen LogP contribution in [0.2, 0.25) is 0 Å². The summed E-state index contributed by atoms with van der Waals surface area (Å²) in [6.45, 7) is 1.90. The fraction of sp³-hybridized carbons (Fsp3) is 0.414. The van der Waals surface area contributed by atoms with Crippen LogP contribution in [0.1, 0.15) is 47.5 Å². The van der Waals surface area contributed by atoms with Crippen LogP contribution in [-0.4, -0.2) is 88.1 Å². The topological polar surface area (TPSA) is 181 Å². The molecule has 0 saturated carbocycles. The molecule has 0 spiro atoms. The molecule has 2 heterocycles. The predicted molar refractivity (Wildman–Crippen MR) is 142 cm³/mol. The van der Waals surface area contributed by atoms with Gasteiger partial charge >= 0.3 is 11.9 Å². The first-order valence-corrected chi connectivity index (χ1v) is 13.0. The van der Waals surface area contributed by atoms with Gasteiger partial charge in [0.2, 0.25) is 0 Å². The molecule has 0 aliphatic carbocycles. The van der Waals surface area contributed by atoms with Crippen LogP contribution in [-0.2, 0) is 28.5 Å². The Hall–Kier alpha value is -3.65. The molecule has 0 radical (unpaired) electrons. The van der Waals surface area contributed by atoms with Crippen molar-refractivity contribution in [3.8, 4) is 0 Å². The van der Waals surface area contributed by atoms with E-state index in [1.165, 1.54) is 19.9 Å². The number of nitrogens with one attached hydrogen (secondary N) is 1. The predicted octanol–water partition coefficient (Wildman–Crippen LogP) is 0.945. The highest BCUT2D eigenvalue weighted by Crippen LogP contribution is 2.33. The Balaban J connectivity index is 1.43. The highest BCUT2D eigenvalue weighted by molar-refractivity contribution is 6.04. The Kier molecular flexibility index (Phi) is 9.86. The summed E-state index contributed by atoms with van der Waals surface area (Å²) in [6, 6.07) is 13.2. The largest absolute Gasteiger partial charge is 0.463 e. The van der Waals surface area contributed by atoms with Gasteiger partial charge in [0.25, 0.3) is 5.91 Å². The molecule has 0 bridgehead atoms. The minimum Gasteiger partial charge on any atom is -0.463 e. The number of aliphatic hydroxyl groups excluding tert-OH is 4. The van der Waals surface area contributed by atoms with E-state index >= 15 is 0 Å². The van der Waals surface area contributed by atoms with Gasteiger partial charge < -0.3 is 44.7 Å². The number of hydrogen-bond acceptors (Lipinski definition) is 11. The molecule has 4 rings (SSSR count). The second kappa shape index (κ2) is 13.3. The van der Waals surface area contributed by atoms with Crippen molar-refractivity contribution in [2.75, 3.05) is 18.5 Å². The van der Waals surface area contributed by atoms with E-state index in [4.69, 9.17) is 18.9 Å². The lowest BCUT2D eigenvalue weighted by molar-refractivity contribution is -0.231. The van der Waals surface area contributed by atoms with Gasteiger partial charge in [-0.1, -0.05) is 30.3 Å². The third kappa shape index (κ3) is 7.36. The zero-order valence-electron chi connectivity index (χ0n) is 22.5. The molecule has 1 saturated heterocycles. The molecule has 2 aromatic rings. The number of hydrogen-bond donors (Lipinski definition) is 5. The van der Waals surface area contributed by atoms with Crippen LogP contribution in [0, 0.1) is 0 Å². The van der Waals surface area contributed by atoms with Gasteiger partial charge in [-0.05, 0) is 41.5 Å². The van der Waals surface area contributed by atoms with Crippen molar-refractivity contribution in [3.63, 3.8) is 0 Å². The normalized spacial score (nSPS) is 29.4. The maximum absolute atomic E-state index is 13.0. The second-order valence-electron chi connectivity index (χ2n) is 9.81. The first-order chi connectivity index (χ1) is 19.6. The zero-order chi connectivity index (χ0) is 29.7. The third-order valence-corrected chi connectivity index (χ3v) is 6.78. The van der Waals surface area contributed by atoms with Gasteiger partial charge in [-0.2, -0.15) is 0 Å². The van der Waals surface area contributed by atoms with Crippen LogP contribution in [0.25, 0.3) is 0 Å². The van der Waals surface area contributed by atoms with Crippen molar-refractivity contribution in [2.45, 2.75) is 62.7 Å². The summed E-state index contributed by atoms with van der Waals surface area (Å²) >= 11 is 0. The average Bonchev–Trinajstić information content (AvgIpc) is 2.95. The first-order valence-electron chi connectivity index (χ1n) is 13.0. The van der Waals surface area contributed by atoms with E-state index in [1.807, 2.05) is 0 Å². The minimum absolute atomic E-state index is 0.0928. The quantitative estimate of drug-likeness (QED) is 0.225. The van der Waals surface area contributed by atoms with Crippen LogP contribution in [0.3, 0.4) is 0 Å². The number of carbonyl (C=O) groups excluding carboxylic acids is 3. The van der Waals surface area contributed by atoms with Gasteiger partial charge in [-0.25, -0.2) is 0 Å². The summed E-state index contributed by atoms with van der Waals surface area (Å²) in [5.41, 5.74) is 1.89. The fourth-order valence-electron chi connectivity index (χ4n) is 4.67. The summed E-state index contributed by atoms with van der Waals surface area (Å²) in [5.74, 6) is -1.42. The maximum Gasteiger partial charge on any atom is 0.303 e. The molecule has 12 heteroatoms. The summed E-state index contributed by atoms with van der Waals surface area (Å²) < 4.78 is 21.9. The lowest BCUT2D eigenvalue weighted by atomic mass is 9.90. The highest BCUT2D eigenvalue weighted by Gasteiger charge is 2.44. The van der Waals surface area contributed by atoms with Crippen LogP contribution in [0.5, 0.6) is 0 Å². The number of anilines is 1. The highest BCUT2D eigenvalue weighted by atomic mass is 16.6. The summed E-state index contributed by atoms with van der Waals surface area (Å²) in [6.07, 6.45) is -5.12. The second-order valence-corrected chi connectivity index (χ2v) is 9.81. The average molecular weight is 572 g/mol. The van der Waals surface area contributed by atoms with Crippen molar-refractivity contribution in [1.29, 1.82) is 0 Å². The van der Waals surface area contributed by atoms with Gasteiger partial charge in [0.1, 0.15) is 55.4 Å². The van der Waals surface area contributed by atoms with Crippen LogP contribution in [0.15, 0.2) is 60.7 Å². The smallest absolute Gasteiger partial charge is 0.303 e. The molecule has 0 aromatic heterocycles. The number of rotatable bonds is 8. The monoisotopic (exact) mass is 571 g/mol. The molecule has 41 heavy (non-hydrogen) atoms. The molecular weight excluding hydrogens is 538 g/mol. The maximum atomic E-state index is 13.0. The van der Waals surface area contributed by atoms with Crippen molar-refractivity contribution < 1.29 is 53.8 Å². The molecule has 1 fully saturated rings. The van der Waals surface area contributed by atoms with Crippen molar-refractivity contribution in [3.05, 3.63) is 77.4 Å². The third-order valence-electron chi connectivity index (χ3n) is 6.78. The molecule has 2 aromatic carbocycles. The number of benzene rings is 2. The molecule has 2 aliphatic heterocycles. The molecule has 5 N–H and O–H groups in total. The molecule has 220 valence electrons. The zero-order valence-corrected chi connectivity index (χ0v) is 22.5. The summed E-state index contributed by atoms with van der Waals surface area (Å²) in [4.78, 5) is 35.7. The Morgan fingerprint density at radius 3 is 2.24 bits per heavy atom. The van der Waals surface area contributed by atoms with Gasteiger partial charge in [-0.15, -0.1) is 0 Å². The lowest BCUT2D eigenvalue weighted by Crippen LogP contribution is -2.55. The van der Waals surface area contributed by atoms with Gasteiger partial charge in [0.05, 0.1) is 6.61 Å². The first kappa shape index (κ1) is 30.3. The Morgan fingerprint density at radius 2 is 1.59 bits per heavy atom. The number of amides is 1.